The van der Waals surface area contributed by atoms with Crippen LogP contribution in [-0.4, -0.2) is 48.2 Å². The highest BCUT2D eigenvalue weighted by molar-refractivity contribution is 7.98. The lowest BCUT2D eigenvalue weighted by Crippen LogP contribution is -2.49. The van der Waals surface area contributed by atoms with Gasteiger partial charge in [-0.15, -0.1) is 11.8 Å². The van der Waals surface area contributed by atoms with Gasteiger partial charge in [0.25, 0.3) is 11.6 Å². The van der Waals surface area contributed by atoms with Gasteiger partial charge >= 0.3 is 0 Å². The van der Waals surface area contributed by atoms with E-state index in [2.05, 4.69) is 0 Å². The molecule has 1 aliphatic heterocycles. The number of nitro benzene ring substituents is 1. The number of para-hydroxylation sites is 2. The molecule has 0 atom stereocenters. The number of aryl methyl sites for hydroxylation is 1. The van der Waals surface area contributed by atoms with Crippen molar-refractivity contribution in [3.63, 3.8) is 0 Å². The first-order chi connectivity index (χ1) is 12.5. The lowest BCUT2D eigenvalue weighted by atomic mass is 10.1. The number of hydrogen-bond acceptors (Lipinski definition) is 5. The van der Waals surface area contributed by atoms with Gasteiger partial charge in [0, 0.05) is 42.7 Å². The van der Waals surface area contributed by atoms with Gasteiger partial charge in [-0.1, -0.05) is 18.2 Å². The van der Waals surface area contributed by atoms with Crippen LogP contribution in [0.15, 0.2) is 47.4 Å². The van der Waals surface area contributed by atoms with Gasteiger partial charge in [0.05, 0.1) is 4.92 Å². The highest BCUT2D eigenvalue weighted by atomic mass is 32.2. The molecule has 1 heterocycles. The minimum absolute atomic E-state index is 0.0283. The van der Waals surface area contributed by atoms with Crippen molar-refractivity contribution in [3.05, 3.63) is 63.7 Å². The Labute approximate surface area is 156 Å². The molecule has 0 N–H and O–H groups in total. The molecular formula is C19H21N3O3S. The maximum atomic E-state index is 12.9. The molecule has 7 heteroatoms. The number of thioether (sulfide) groups is 1. The van der Waals surface area contributed by atoms with Crippen LogP contribution in [0.4, 0.5) is 11.4 Å². The number of carbonyl (C=O) groups excluding carboxylic acids is 1. The number of benzene rings is 2. The maximum Gasteiger partial charge on any atom is 0.292 e. The fraction of sp³-hybridized carbons (Fsp3) is 0.316. The first kappa shape index (κ1) is 18.3. The molecule has 0 radical (unpaired) electrons. The van der Waals surface area contributed by atoms with Gasteiger partial charge in [-0.3, -0.25) is 14.9 Å². The first-order valence-corrected chi connectivity index (χ1v) is 9.66. The number of nitrogens with zero attached hydrogens (tertiary/aromatic N) is 3. The molecule has 6 nitrogen and oxygen atoms in total. The Kier molecular flexibility index (Phi) is 5.46. The Balaban J connectivity index is 1.73. The predicted molar refractivity (Wildman–Crippen MR) is 104 cm³/mol. The minimum Gasteiger partial charge on any atom is -0.362 e. The number of anilines is 1. The van der Waals surface area contributed by atoms with Crippen molar-refractivity contribution < 1.29 is 9.72 Å². The summed E-state index contributed by atoms with van der Waals surface area (Å²) in [5.41, 5.74) is 2.42. The van der Waals surface area contributed by atoms with E-state index >= 15 is 0 Å². The van der Waals surface area contributed by atoms with Gasteiger partial charge in [-0.25, -0.2) is 0 Å². The third-order valence-electron chi connectivity index (χ3n) is 4.66. The van der Waals surface area contributed by atoms with E-state index in [1.165, 1.54) is 6.07 Å². The van der Waals surface area contributed by atoms with E-state index in [-0.39, 0.29) is 16.5 Å². The Morgan fingerprint density at radius 1 is 1.12 bits per heavy atom. The van der Waals surface area contributed by atoms with Crippen molar-refractivity contribution >= 4 is 29.0 Å². The predicted octanol–water partition coefficient (Wildman–Crippen LogP) is 3.59. The summed E-state index contributed by atoms with van der Waals surface area (Å²) in [6.07, 6.45) is 1.99. The largest absolute Gasteiger partial charge is 0.362 e. The van der Waals surface area contributed by atoms with E-state index in [0.717, 1.165) is 16.0 Å². The average molecular weight is 371 g/mol. The van der Waals surface area contributed by atoms with Crippen molar-refractivity contribution in [2.24, 2.45) is 0 Å². The zero-order valence-corrected chi connectivity index (χ0v) is 15.7. The van der Waals surface area contributed by atoms with Crippen LogP contribution < -0.4 is 4.90 Å². The minimum atomic E-state index is -0.357. The topological polar surface area (TPSA) is 66.7 Å². The molecule has 2 aromatic rings. The van der Waals surface area contributed by atoms with E-state index in [1.54, 1.807) is 30.0 Å². The zero-order valence-electron chi connectivity index (χ0n) is 14.8. The number of piperazine rings is 1. The van der Waals surface area contributed by atoms with Gasteiger partial charge in [-0.2, -0.15) is 0 Å². The molecule has 0 saturated carbocycles. The molecule has 1 saturated heterocycles. The van der Waals surface area contributed by atoms with Crippen molar-refractivity contribution in [2.75, 3.05) is 37.3 Å². The molecule has 1 amide bonds. The van der Waals surface area contributed by atoms with E-state index < -0.39 is 0 Å². The van der Waals surface area contributed by atoms with Gasteiger partial charge < -0.3 is 9.80 Å². The van der Waals surface area contributed by atoms with E-state index in [0.29, 0.717) is 31.9 Å². The summed E-state index contributed by atoms with van der Waals surface area (Å²) in [5, 5.41) is 11.2. The third-order valence-corrected chi connectivity index (χ3v) is 5.39. The normalized spacial score (nSPS) is 14.4. The molecule has 0 bridgehead atoms. The summed E-state index contributed by atoms with van der Waals surface area (Å²) in [4.78, 5) is 28.6. The third kappa shape index (κ3) is 3.67. The summed E-state index contributed by atoms with van der Waals surface area (Å²) in [7, 11) is 0. The standard InChI is InChI=1S/C19H21N3O3S/c1-14-7-8-15(26-2)13-16(14)19(23)21-11-9-20(10-12-21)17-5-3-4-6-18(17)22(24)25/h3-8,13H,9-12H2,1-2H3. The molecule has 1 fully saturated rings. The second kappa shape index (κ2) is 7.78. The Morgan fingerprint density at radius 2 is 1.81 bits per heavy atom. The van der Waals surface area contributed by atoms with Crippen LogP contribution in [0.25, 0.3) is 0 Å². The number of rotatable bonds is 4. The SMILES string of the molecule is CSc1ccc(C)c(C(=O)N2CCN(c3ccccc3[N+](=O)[O-])CC2)c1. The second-order valence-corrected chi connectivity index (χ2v) is 7.09. The molecule has 26 heavy (non-hydrogen) atoms. The Morgan fingerprint density at radius 3 is 2.46 bits per heavy atom. The molecule has 136 valence electrons. The number of hydrogen-bond donors (Lipinski definition) is 0. The molecule has 1 aliphatic rings. The molecule has 0 spiro atoms. The van der Waals surface area contributed by atoms with Crippen LogP contribution in [-0.2, 0) is 0 Å². The van der Waals surface area contributed by atoms with Gasteiger partial charge in [0.1, 0.15) is 5.69 Å². The van der Waals surface area contributed by atoms with Crippen LogP contribution in [0.5, 0.6) is 0 Å². The van der Waals surface area contributed by atoms with E-state index in [1.807, 2.05) is 41.2 Å². The molecular weight excluding hydrogens is 350 g/mol. The summed E-state index contributed by atoms with van der Waals surface area (Å²) in [5.74, 6) is 0.0283. The van der Waals surface area contributed by atoms with Crippen LogP contribution >= 0.6 is 11.8 Å². The summed E-state index contributed by atoms with van der Waals surface area (Å²) in [6, 6.07) is 12.7. The quantitative estimate of drug-likeness (QED) is 0.467. The molecule has 0 aliphatic carbocycles. The summed E-state index contributed by atoms with van der Waals surface area (Å²) < 4.78 is 0. The van der Waals surface area contributed by atoms with Crippen molar-refractivity contribution in [1.29, 1.82) is 0 Å². The zero-order chi connectivity index (χ0) is 18.7. The maximum absolute atomic E-state index is 12.9. The lowest BCUT2D eigenvalue weighted by Gasteiger charge is -2.36. The summed E-state index contributed by atoms with van der Waals surface area (Å²) in [6.45, 7) is 4.21. The van der Waals surface area contributed by atoms with Crippen LogP contribution in [0.3, 0.4) is 0 Å². The number of carbonyl (C=O) groups is 1. The number of amides is 1. The van der Waals surface area contributed by atoms with Crippen molar-refractivity contribution in [3.8, 4) is 0 Å². The summed E-state index contributed by atoms with van der Waals surface area (Å²) >= 11 is 1.61. The van der Waals surface area contributed by atoms with Gasteiger partial charge in [0.2, 0.25) is 0 Å². The fourth-order valence-corrected chi connectivity index (χ4v) is 3.61. The van der Waals surface area contributed by atoms with Crippen molar-refractivity contribution in [1.82, 2.24) is 4.90 Å². The van der Waals surface area contributed by atoms with Gasteiger partial charge in [-0.05, 0) is 36.9 Å². The lowest BCUT2D eigenvalue weighted by molar-refractivity contribution is -0.384. The monoisotopic (exact) mass is 371 g/mol. The second-order valence-electron chi connectivity index (χ2n) is 6.21. The van der Waals surface area contributed by atoms with Crippen LogP contribution in [0.1, 0.15) is 15.9 Å². The van der Waals surface area contributed by atoms with Crippen LogP contribution in [0, 0.1) is 17.0 Å². The Bertz CT molecular complexity index is 833. The fourth-order valence-electron chi connectivity index (χ4n) is 3.17. The first-order valence-electron chi connectivity index (χ1n) is 8.43. The molecule has 0 unspecified atom stereocenters. The smallest absolute Gasteiger partial charge is 0.292 e. The van der Waals surface area contributed by atoms with E-state index in [4.69, 9.17) is 0 Å². The van der Waals surface area contributed by atoms with Crippen molar-refractivity contribution in [2.45, 2.75) is 11.8 Å². The van der Waals surface area contributed by atoms with E-state index in [9.17, 15) is 14.9 Å². The molecule has 0 aromatic heterocycles. The number of nitro groups is 1. The Hall–Kier alpha value is -2.54. The highest BCUT2D eigenvalue weighted by Gasteiger charge is 2.26. The van der Waals surface area contributed by atoms with Gasteiger partial charge in [0.15, 0.2) is 0 Å². The molecule has 2 aromatic carbocycles. The highest BCUT2D eigenvalue weighted by Crippen LogP contribution is 2.29. The van der Waals surface area contributed by atoms with Crippen LogP contribution in [0.2, 0.25) is 0 Å². The average Bonchev–Trinajstić information content (AvgIpc) is 2.68. The molecule has 3 rings (SSSR count).